The van der Waals surface area contributed by atoms with Crippen LogP contribution in [0, 0.1) is 6.92 Å². The van der Waals surface area contributed by atoms with Crippen LogP contribution in [0.5, 0.6) is 0 Å². The van der Waals surface area contributed by atoms with Gasteiger partial charge in [-0.05, 0) is 12.5 Å². The first kappa shape index (κ1) is 14.0. The Bertz CT molecular complexity index is 424. The van der Waals surface area contributed by atoms with Crippen LogP contribution in [-0.2, 0) is 16.0 Å². The largest absolute Gasteiger partial charge is 0.351 e. The molecule has 0 atom stereocenters. The van der Waals surface area contributed by atoms with Crippen molar-refractivity contribution in [1.82, 2.24) is 10.6 Å². The monoisotopic (exact) mass is 246 g/mol. The molecule has 0 saturated heterocycles. The average molecular weight is 246 g/mol. The molecule has 4 heteroatoms. The molecule has 0 saturated carbocycles. The number of hydrogen-bond acceptors (Lipinski definition) is 2. The Balaban J connectivity index is 2.31. The minimum absolute atomic E-state index is 0.00145. The van der Waals surface area contributed by atoms with E-state index in [0.717, 1.165) is 11.1 Å². The summed E-state index contributed by atoms with van der Waals surface area (Å²) in [6.45, 7) is 5.89. The Hall–Kier alpha value is -2.10. The molecule has 0 aliphatic carbocycles. The third-order valence-corrected chi connectivity index (χ3v) is 2.37. The van der Waals surface area contributed by atoms with E-state index in [0.29, 0.717) is 6.54 Å². The molecule has 96 valence electrons. The zero-order valence-electron chi connectivity index (χ0n) is 10.5. The van der Waals surface area contributed by atoms with Gasteiger partial charge in [-0.2, -0.15) is 0 Å². The second-order valence-corrected chi connectivity index (χ2v) is 4.03. The van der Waals surface area contributed by atoms with Crippen molar-refractivity contribution >= 4 is 11.8 Å². The number of rotatable bonds is 6. The summed E-state index contributed by atoms with van der Waals surface area (Å²) in [7, 11) is 0. The molecule has 0 fully saturated rings. The van der Waals surface area contributed by atoms with Crippen LogP contribution in [0.1, 0.15) is 11.1 Å². The number of hydrogen-bond donors (Lipinski definition) is 2. The summed E-state index contributed by atoms with van der Waals surface area (Å²) in [5.74, 6) is -0.375. The molecule has 0 spiro atoms. The van der Waals surface area contributed by atoms with E-state index in [1.54, 1.807) is 6.08 Å². The topological polar surface area (TPSA) is 58.2 Å². The molecule has 0 aliphatic heterocycles. The quantitative estimate of drug-likeness (QED) is 0.734. The third-order valence-electron chi connectivity index (χ3n) is 2.37. The van der Waals surface area contributed by atoms with Crippen LogP contribution in [0.2, 0.25) is 0 Å². The van der Waals surface area contributed by atoms with Crippen molar-refractivity contribution in [3.05, 3.63) is 48.0 Å². The fraction of sp³-hybridized carbons (Fsp3) is 0.286. The first-order valence-electron chi connectivity index (χ1n) is 5.81. The second-order valence-electron chi connectivity index (χ2n) is 4.03. The van der Waals surface area contributed by atoms with E-state index in [2.05, 4.69) is 17.2 Å². The van der Waals surface area contributed by atoms with Crippen molar-refractivity contribution in [3.8, 4) is 0 Å². The van der Waals surface area contributed by atoms with Gasteiger partial charge in [0.05, 0.1) is 13.0 Å². The molecular weight excluding hydrogens is 228 g/mol. The van der Waals surface area contributed by atoms with E-state index in [9.17, 15) is 9.59 Å². The summed E-state index contributed by atoms with van der Waals surface area (Å²) in [6.07, 6.45) is 1.88. The number of carbonyl (C=O) groups is 2. The van der Waals surface area contributed by atoms with E-state index in [1.807, 2.05) is 31.2 Å². The Kier molecular flexibility index (Phi) is 5.64. The van der Waals surface area contributed by atoms with Crippen LogP contribution in [-0.4, -0.2) is 24.9 Å². The van der Waals surface area contributed by atoms with E-state index in [-0.39, 0.29) is 24.8 Å². The first-order valence-corrected chi connectivity index (χ1v) is 5.81. The van der Waals surface area contributed by atoms with Gasteiger partial charge in [0, 0.05) is 6.54 Å². The Morgan fingerprint density at radius 3 is 2.44 bits per heavy atom. The van der Waals surface area contributed by atoms with Crippen LogP contribution in [0.25, 0.3) is 0 Å². The van der Waals surface area contributed by atoms with Gasteiger partial charge in [0.2, 0.25) is 11.8 Å². The summed E-state index contributed by atoms with van der Waals surface area (Å²) in [5.41, 5.74) is 2.09. The maximum absolute atomic E-state index is 11.6. The SMILES string of the molecule is C=CCNC(=O)CNC(=O)Cc1ccc(C)cc1. The van der Waals surface area contributed by atoms with Gasteiger partial charge < -0.3 is 10.6 Å². The van der Waals surface area contributed by atoms with Crippen molar-refractivity contribution in [2.24, 2.45) is 0 Å². The highest BCUT2D eigenvalue weighted by Gasteiger charge is 2.05. The lowest BCUT2D eigenvalue weighted by molar-refractivity contribution is -0.125. The number of nitrogens with one attached hydrogen (secondary N) is 2. The summed E-state index contributed by atoms with van der Waals surface area (Å²) in [5, 5.41) is 5.16. The predicted molar refractivity (Wildman–Crippen MR) is 71.1 cm³/mol. The highest BCUT2D eigenvalue weighted by molar-refractivity contribution is 5.85. The van der Waals surface area contributed by atoms with Crippen LogP contribution in [0.3, 0.4) is 0 Å². The molecule has 0 radical (unpaired) electrons. The van der Waals surface area contributed by atoms with Gasteiger partial charge in [0.15, 0.2) is 0 Å². The number of benzene rings is 1. The fourth-order valence-electron chi connectivity index (χ4n) is 1.38. The van der Waals surface area contributed by atoms with Gasteiger partial charge in [-0.25, -0.2) is 0 Å². The molecule has 18 heavy (non-hydrogen) atoms. The van der Waals surface area contributed by atoms with Crippen molar-refractivity contribution in [2.75, 3.05) is 13.1 Å². The molecular formula is C14H18N2O2. The summed E-state index contributed by atoms with van der Waals surface area (Å²) >= 11 is 0. The third kappa shape index (κ3) is 5.30. The van der Waals surface area contributed by atoms with Crippen LogP contribution in [0.4, 0.5) is 0 Å². The highest BCUT2D eigenvalue weighted by atomic mass is 16.2. The fourth-order valence-corrected chi connectivity index (χ4v) is 1.38. The van der Waals surface area contributed by atoms with E-state index in [4.69, 9.17) is 0 Å². The molecule has 0 aliphatic rings. The lowest BCUT2D eigenvalue weighted by Gasteiger charge is -2.05. The van der Waals surface area contributed by atoms with Crippen LogP contribution in [0.15, 0.2) is 36.9 Å². The number of carbonyl (C=O) groups excluding carboxylic acids is 2. The molecule has 0 unspecified atom stereocenters. The molecule has 0 heterocycles. The van der Waals surface area contributed by atoms with Gasteiger partial charge in [-0.15, -0.1) is 6.58 Å². The van der Waals surface area contributed by atoms with Crippen molar-refractivity contribution in [3.63, 3.8) is 0 Å². The Morgan fingerprint density at radius 1 is 1.17 bits per heavy atom. The van der Waals surface area contributed by atoms with E-state index >= 15 is 0 Å². The molecule has 4 nitrogen and oxygen atoms in total. The summed E-state index contributed by atoms with van der Waals surface area (Å²) < 4.78 is 0. The normalized spacial score (nSPS) is 9.61. The molecule has 1 rings (SSSR count). The summed E-state index contributed by atoms with van der Waals surface area (Å²) in [4.78, 5) is 22.8. The van der Waals surface area contributed by atoms with Crippen LogP contribution < -0.4 is 10.6 Å². The predicted octanol–water partition coefficient (Wildman–Crippen LogP) is 0.956. The van der Waals surface area contributed by atoms with Gasteiger partial charge in [0.25, 0.3) is 0 Å². The van der Waals surface area contributed by atoms with Gasteiger partial charge >= 0.3 is 0 Å². The molecule has 2 amide bonds. The minimum atomic E-state index is -0.216. The maximum atomic E-state index is 11.6. The Morgan fingerprint density at radius 2 is 1.83 bits per heavy atom. The zero-order valence-corrected chi connectivity index (χ0v) is 10.5. The maximum Gasteiger partial charge on any atom is 0.239 e. The van der Waals surface area contributed by atoms with Crippen molar-refractivity contribution < 1.29 is 9.59 Å². The van der Waals surface area contributed by atoms with Crippen molar-refractivity contribution in [2.45, 2.75) is 13.3 Å². The van der Waals surface area contributed by atoms with E-state index in [1.165, 1.54) is 0 Å². The van der Waals surface area contributed by atoms with Crippen LogP contribution >= 0.6 is 0 Å². The van der Waals surface area contributed by atoms with Gasteiger partial charge in [-0.3, -0.25) is 9.59 Å². The van der Waals surface area contributed by atoms with Crippen molar-refractivity contribution in [1.29, 1.82) is 0 Å². The lowest BCUT2D eigenvalue weighted by atomic mass is 10.1. The standard InChI is InChI=1S/C14H18N2O2/c1-3-8-15-14(18)10-16-13(17)9-12-6-4-11(2)5-7-12/h3-7H,1,8-10H2,2H3,(H,15,18)(H,16,17). The number of amides is 2. The van der Waals surface area contributed by atoms with E-state index < -0.39 is 0 Å². The smallest absolute Gasteiger partial charge is 0.239 e. The molecule has 0 bridgehead atoms. The second kappa shape index (κ2) is 7.27. The summed E-state index contributed by atoms with van der Waals surface area (Å²) in [6, 6.07) is 7.73. The Labute approximate surface area is 107 Å². The molecule has 1 aromatic rings. The van der Waals surface area contributed by atoms with Gasteiger partial charge in [0.1, 0.15) is 0 Å². The first-order chi connectivity index (χ1) is 8.61. The zero-order chi connectivity index (χ0) is 13.4. The lowest BCUT2D eigenvalue weighted by Crippen LogP contribution is -2.37. The number of aryl methyl sites for hydroxylation is 1. The van der Waals surface area contributed by atoms with Gasteiger partial charge in [-0.1, -0.05) is 35.9 Å². The molecule has 1 aromatic carbocycles. The highest BCUT2D eigenvalue weighted by Crippen LogP contribution is 2.03. The average Bonchev–Trinajstić information content (AvgIpc) is 2.36. The molecule has 0 aromatic heterocycles. The molecule has 2 N–H and O–H groups in total. The minimum Gasteiger partial charge on any atom is -0.351 e.